The molecule has 7 nitrogen and oxygen atoms in total. The molecule has 2 aromatic carbocycles. The quantitative estimate of drug-likeness (QED) is 0.522. The number of benzene rings is 2. The normalized spacial score (nSPS) is 11.4. The Bertz CT molecular complexity index is 985. The zero-order chi connectivity index (χ0) is 21.3. The molecule has 3 rings (SSSR count). The van der Waals surface area contributed by atoms with Gasteiger partial charge in [-0.15, -0.1) is 0 Å². The maximum atomic E-state index is 12.5. The maximum Gasteiger partial charge on any atom is 0.340 e. The van der Waals surface area contributed by atoms with Crippen LogP contribution in [0.15, 0.2) is 71.3 Å². The van der Waals surface area contributed by atoms with E-state index in [1.165, 1.54) is 0 Å². The van der Waals surface area contributed by atoms with Crippen LogP contribution in [0.3, 0.4) is 0 Å². The number of esters is 1. The fraction of sp³-hybridized carbons (Fsp3) is 0.217. The summed E-state index contributed by atoms with van der Waals surface area (Å²) in [6, 6.07) is 17.7. The Kier molecular flexibility index (Phi) is 7.10. The minimum Gasteiger partial charge on any atom is -0.496 e. The minimum atomic E-state index is -0.586. The Morgan fingerprint density at radius 3 is 2.57 bits per heavy atom. The highest BCUT2D eigenvalue weighted by Crippen LogP contribution is 2.24. The zero-order valence-electron chi connectivity index (χ0n) is 16.9. The number of para-hydroxylation sites is 2. The van der Waals surface area contributed by atoms with Crippen molar-refractivity contribution in [1.82, 2.24) is 5.32 Å². The lowest BCUT2D eigenvalue weighted by Crippen LogP contribution is -2.31. The molecule has 0 spiro atoms. The van der Waals surface area contributed by atoms with E-state index >= 15 is 0 Å². The molecule has 7 heteroatoms. The molecule has 0 aliphatic carbocycles. The van der Waals surface area contributed by atoms with Gasteiger partial charge in [0.05, 0.1) is 31.5 Å². The van der Waals surface area contributed by atoms with Crippen LogP contribution in [0.25, 0.3) is 0 Å². The van der Waals surface area contributed by atoms with Crippen LogP contribution in [0.1, 0.15) is 34.6 Å². The number of methoxy groups -OCH3 is 1. The topological polar surface area (TPSA) is 89.8 Å². The van der Waals surface area contributed by atoms with Crippen LogP contribution in [0.5, 0.6) is 5.75 Å². The average molecular weight is 408 g/mol. The van der Waals surface area contributed by atoms with Crippen LogP contribution >= 0.6 is 0 Å². The predicted octanol–water partition coefficient (Wildman–Crippen LogP) is 3.93. The lowest BCUT2D eigenvalue weighted by Gasteiger charge is -2.17. The second kappa shape index (κ2) is 10.2. The summed E-state index contributed by atoms with van der Waals surface area (Å²) in [5.74, 6) is 0.433. The molecule has 1 atom stereocenters. The van der Waals surface area contributed by atoms with Crippen LogP contribution in [-0.2, 0) is 16.1 Å². The molecule has 156 valence electrons. The van der Waals surface area contributed by atoms with Gasteiger partial charge in [0.15, 0.2) is 6.61 Å². The Morgan fingerprint density at radius 2 is 1.80 bits per heavy atom. The van der Waals surface area contributed by atoms with Gasteiger partial charge in [0.25, 0.3) is 5.91 Å². The highest BCUT2D eigenvalue weighted by molar-refractivity contribution is 5.96. The highest BCUT2D eigenvalue weighted by Gasteiger charge is 2.17. The van der Waals surface area contributed by atoms with Crippen molar-refractivity contribution >= 4 is 17.6 Å². The third-order valence-corrected chi connectivity index (χ3v) is 4.50. The fourth-order valence-electron chi connectivity index (χ4n) is 3.00. The molecule has 1 amide bonds. The van der Waals surface area contributed by atoms with E-state index in [-0.39, 0.29) is 12.6 Å². The summed E-state index contributed by atoms with van der Waals surface area (Å²) in [5.41, 5.74) is 1.78. The van der Waals surface area contributed by atoms with Crippen LogP contribution in [0.4, 0.5) is 5.69 Å². The Balaban J connectivity index is 1.55. The van der Waals surface area contributed by atoms with Gasteiger partial charge in [-0.3, -0.25) is 4.79 Å². The van der Waals surface area contributed by atoms with E-state index in [0.29, 0.717) is 23.5 Å². The summed E-state index contributed by atoms with van der Waals surface area (Å²) in [7, 11) is 1.58. The standard InChI is InChI=1S/C23H24N2O5/c1-16(18-9-4-6-12-21(18)28-2)25-22(26)15-30-23(27)19-10-3-5-11-20(19)24-14-17-8-7-13-29-17/h3-13,16,24H,14-15H2,1-2H3,(H,25,26). The molecule has 1 aromatic heterocycles. The van der Waals surface area contributed by atoms with Gasteiger partial charge in [0.1, 0.15) is 11.5 Å². The van der Waals surface area contributed by atoms with Gasteiger partial charge in [-0.05, 0) is 37.3 Å². The first-order valence-electron chi connectivity index (χ1n) is 9.53. The molecule has 1 unspecified atom stereocenters. The first-order valence-corrected chi connectivity index (χ1v) is 9.53. The molecule has 0 bridgehead atoms. The average Bonchev–Trinajstić information content (AvgIpc) is 3.30. The van der Waals surface area contributed by atoms with E-state index in [0.717, 1.165) is 11.3 Å². The smallest absolute Gasteiger partial charge is 0.340 e. The lowest BCUT2D eigenvalue weighted by molar-refractivity contribution is -0.124. The molecule has 0 saturated carbocycles. The molecule has 0 aliphatic rings. The maximum absolute atomic E-state index is 12.5. The molecule has 0 aliphatic heterocycles. The molecular formula is C23H24N2O5. The number of carbonyl (C=O) groups excluding carboxylic acids is 2. The van der Waals surface area contributed by atoms with E-state index in [1.807, 2.05) is 43.3 Å². The third kappa shape index (κ3) is 5.41. The SMILES string of the molecule is COc1ccccc1C(C)NC(=O)COC(=O)c1ccccc1NCc1ccco1. The lowest BCUT2D eigenvalue weighted by atomic mass is 10.1. The van der Waals surface area contributed by atoms with Crippen LogP contribution in [0, 0.1) is 0 Å². The second-order valence-corrected chi connectivity index (χ2v) is 6.59. The summed E-state index contributed by atoms with van der Waals surface area (Å²) in [6.45, 7) is 1.88. The van der Waals surface area contributed by atoms with Crippen molar-refractivity contribution in [3.8, 4) is 5.75 Å². The van der Waals surface area contributed by atoms with Gasteiger partial charge in [-0.2, -0.15) is 0 Å². The molecule has 30 heavy (non-hydrogen) atoms. The van der Waals surface area contributed by atoms with Gasteiger partial charge in [0, 0.05) is 11.3 Å². The van der Waals surface area contributed by atoms with Crippen molar-refractivity contribution in [1.29, 1.82) is 0 Å². The fourth-order valence-corrected chi connectivity index (χ4v) is 3.00. The molecular weight excluding hydrogens is 384 g/mol. The molecule has 0 radical (unpaired) electrons. The third-order valence-electron chi connectivity index (χ3n) is 4.50. The van der Waals surface area contributed by atoms with Gasteiger partial charge < -0.3 is 24.5 Å². The van der Waals surface area contributed by atoms with Gasteiger partial charge in [-0.25, -0.2) is 4.79 Å². The van der Waals surface area contributed by atoms with Gasteiger partial charge in [-0.1, -0.05) is 30.3 Å². The van der Waals surface area contributed by atoms with Crippen LogP contribution in [0.2, 0.25) is 0 Å². The number of hydrogen-bond acceptors (Lipinski definition) is 6. The molecule has 3 aromatic rings. The molecule has 0 saturated heterocycles. The Morgan fingerprint density at radius 1 is 1.03 bits per heavy atom. The summed E-state index contributed by atoms with van der Waals surface area (Å²) in [5, 5.41) is 5.95. The Hall–Kier alpha value is -3.74. The van der Waals surface area contributed by atoms with Crippen molar-refractivity contribution in [2.24, 2.45) is 0 Å². The van der Waals surface area contributed by atoms with E-state index in [1.54, 1.807) is 37.6 Å². The van der Waals surface area contributed by atoms with E-state index in [2.05, 4.69) is 10.6 Å². The summed E-state index contributed by atoms with van der Waals surface area (Å²) in [6.07, 6.45) is 1.59. The molecule has 0 fully saturated rings. The number of anilines is 1. The summed E-state index contributed by atoms with van der Waals surface area (Å²) >= 11 is 0. The predicted molar refractivity (Wildman–Crippen MR) is 112 cm³/mol. The van der Waals surface area contributed by atoms with Crippen molar-refractivity contribution in [2.45, 2.75) is 19.5 Å². The number of rotatable bonds is 9. The van der Waals surface area contributed by atoms with Gasteiger partial charge in [0.2, 0.25) is 0 Å². The van der Waals surface area contributed by atoms with Crippen molar-refractivity contribution in [2.75, 3.05) is 19.0 Å². The highest BCUT2D eigenvalue weighted by atomic mass is 16.5. The number of furan rings is 1. The number of carbonyl (C=O) groups is 2. The van der Waals surface area contributed by atoms with Crippen molar-refractivity contribution < 1.29 is 23.5 Å². The van der Waals surface area contributed by atoms with Crippen molar-refractivity contribution in [3.05, 3.63) is 83.8 Å². The summed E-state index contributed by atoms with van der Waals surface area (Å²) < 4.78 is 15.8. The van der Waals surface area contributed by atoms with E-state index in [4.69, 9.17) is 13.9 Å². The van der Waals surface area contributed by atoms with Crippen LogP contribution in [-0.4, -0.2) is 25.6 Å². The number of ether oxygens (including phenoxy) is 2. The monoisotopic (exact) mass is 408 g/mol. The van der Waals surface area contributed by atoms with Crippen LogP contribution < -0.4 is 15.4 Å². The van der Waals surface area contributed by atoms with E-state index in [9.17, 15) is 9.59 Å². The largest absolute Gasteiger partial charge is 0.496 e. The minimum absolute atomic E-state index is 0.297. The Labute approximate surface area is 175 Å². The van der Waals surface area contributed by atoms with Crippen molar-refractivity contribution in [3.63, 3.8) is 0 Å². The number of hydrogen-bond donors (Lipinski definition) is 2. The summed E-state index contributed by atoms with van der Waals surface area (Å²) in [4.78, 5) is 24.8. The number of amides is 1. The zero-order valence-corrected chi connectivity index (χ0v) is 16.9. The number of nitrogens with one attached hydrogen (secondary N) is 2. The van der Waals surface area contributed by atoms with E-state index < -0.39 is 11.9 Å². The first-order chi connectivity index (χ1) is 14.6. The second-order valence-electron chi connectivity index (χ2n) is 6.59. The molecule has 1 heterocycles. The molecule has 2 N–H and O–H groups in total. The van der Waals surface area contributed by atoms with Gasteiger partial charge >= 0.3 is 5.97 Å². The first kappa shape index (κ1) is 21.0.